The first-order chi connectivity index (χ1) is 33.2. The van der Waals surface area contributed by atoms with Gasteiger partial charge in [0.15, 0.2) is 0 Å². The Hall–Kier alpha value is -9.06. The summed E-state index contributed by atoms with van der Waals surface area (Å²) in [5.74, 6) is 0. The average Bonchev–Trinajstić information content (AvgIpc) is 4.19. The monoisotopic (exact) mass is 855 g/mol. The molecule has 0 unspecified atom stereocenters. The maximum Gasteiger partial charge on any atom is 0.213 e. The summed E-state index contributed by atoms with van der Waals surface area (Å²) in [7, 11) is 0. The summed E-state index contributed by atoms with van der Waals surface area (Å²) < 4.78 is 19.9. The number of benzene rings is 10. The fraction of sp³-hybridized carbons (Fsp3) is 0. The van der Waals surface area contributed by atoms with Gasteiger partial charge in [-0.1, -0.05) is 133 Å². The number of hydrogen-bond acceptors (Lipinski definition) is 2. The highest BCUT2D eigenvalue weighted by atomic mass is 16.3. The van der Waals surface area contributed by atoms with Crippen LogP contribution in [0.5, 0.6) is 0 Å². The lowest BCUT2D eigenvalue weighted by atomic mass is 10.0. The van der Waals surface area contributed by atoms with E-state index in [1.807, 2.05) is 18.2 Å². The minimum absolute atomic E-state index is 0.861. The number of para-hydroxylation sites is 6. The third-order valence-electron chi connectivity index (χ3n) is 14.1. The molecule has 15 aromatic rings. The number of hydrogen-bond donors (Lipinski definition) is 0. The largest absolute Gasteiger partial charge is 0.456 e. The fourth-order valence-corrected chi connectivity index (χ4v) is 11.1. The second kappa shape index (κ2) is 13.7. The highest BCUT2D eigenvalue weighted by molar-refractivity contribution is 6.22. The minimum Gasteiger partial charge on any atom is -0.456 e. The van der Waals surface area contributed by atoms with Gasteiger partial charge in [-0.05, 0) is 108 Å². The van der Waals surface area contributed by atoms with Gasteiger partial charge in [-0.2, -0.15) is 0 Å². The molecule has 15 rings (SSSR count). The molecule has 0 saturated heterocycles. The predicted octanol–water partition coefficient (Wildman–Crippen LogP) is 17.0. The molecule has 67 heavy (non-hydrogen) atoms. The first-order valence-corrected chi connectivity index (χ1v) is 22.8. The van der Waals surface area contributed by atoms with Gasteiger partial charge < -0.3 is 18.0 Å². The SMILES string of the molecule is c1ccc(-n2c3oc4ccccc4c3c3cccc(-c4ccc(-n5c6ccccc6c6cc(-c7ccc8c(c7)c7ccccc7n8-c7ccc8oc9ccccc9c8c7)ccc65)cc4)c32)cc1. The second-order valence-electron chi connectivity index (χ2n) is 17.6. The Morgan fingerprint density at radius 1 is 0.269 bits per heavy atom. The fourth-order valence-electron chi connectivity index (χ4n) is 11.1. The summed E-state index contributed by atoms with van der Waals surface area (Å²) in [4.78, 5) is 0. The molecule has 5 aromatic heterocycles. The molecular weight excluding hydrogens is 819 g/mol. The number of nitrogens with zero attached hydrogens (tertiary/aromatic N) is 3. The van der Waals surface area contributed by atoms with Crippen molar-refractivity contribution in [3.8, 4) is 39.3 Å². The first kappa shape index (κ1) is 36.3. The molecule has 0 bridgehead atoms. The van der Waals surface area contributed by atoms with E-state index in [-0.39, 0.29) is 0 Å². The Labute approximate surface area is 383 Å². The van der Waals surface area contributed by atoms with Crippen molar-refractivity contribution < 1.29 is 8.83 Å². The lowest BCUT2D eigenvalue weighted by Crippen LogP contribution is -1.96. The van der Waals surface area contributed by atoms with Crippen LogP contribution >= 0.6 is 0 Å². The van der Waals surface area contributed by atoms with Crippen molar-refractivity contribution >= 4 is 98.5 Å². The summed E-state index contributed by atoms with van der Waals surface area (Å²) in [5.41, 5.74) is 17.4. The maximum absolute atomic E-state index is 6.63. The van der Waals surface area contributed by atoms with E-state index in [0.717, 1.165) is 77.7 Å². The van der Waals surface area contributed by atoms with Crippen molar-refractivity contribution in [1.82, 2.24) is 13.7 Å². The van der Waals surface area contributed by atoms with Gasteiger partial charge in [0.25, 0.3) is 0 Å². The third kappa shape index (κ3) is 5.19. The van der Waals surface area contributed by atoms with E-state index >= 15 is 0 Å². The molecule has 5 heterocycles. The van der Waals surface area contributed by atoms with Gasteiger partial charge in [-0.15, -0.1) is 0 Å². The van der Waals surface area contributed by atoms with Crippen LogP contribution in [0.25, 0.3) is 138 Å². The van der Waals surface area contributed by atoms with Crippen LogP contribution < -0.4 is 0 Å². The quantitative estimate of drug-likeness (QED) is 0.173. The van der Waals surface area contributed by atoms with E-state index in [4.69, 9.17) is 8.83 Å². The molecule has 5 heteroatoms. The summed E-state index contributed by atoms with van der Waals surface area (Å²) in [6.45, 7) is 0. The highest BCUT2D eigenvalue weighted by Gasteiger charge is 2.23. The number of rotatable bonds is 5. The third-order valence-corrected chi connectivity index (χ3v) is 14.1. The normalized spacial score (nSPS) is 12.2. The molecule has 0 aliphatic heterocycles. The van der Waals surface area contributed by atoms with E-state index < -0.39 is 0 Å². The first-order valence-electron chi connectivity index (χ1n) is 22.8. The van der Waals surface area contributed by atoms with Crippen molar-refractivity contribution in [2.24, 2.45) is 0 Å². The van der Waals surface area contributed by atoms with Crippen LogP contribution in [0.4, 0.5) is 0 Å². The van der Waals surface area contributed by atoms with Crippen molar-refractivity contribution in [2.75, 3.05) is 0 Å². The van der Waals surface area contributed by atoms with Gasteiger partial charge in [-0.3, -0.25) is 4.57 Å². The second-order valence-corrected chi connectivity index (χ2v) is 17.6. The molecule has 0 radical (unpaired) electrons. The number of aromatic nitrogens is 3. The number of furan rings is 2. The smallest absolute Gasteiger partial charge is 0.213 e. The lowest BCUT2D eigenvalue weighted by molar-refractivity contribution is 0.645. The Bertz CT molecular complexity index is 4500. The summed E-state index contributed by atoms with van der Waals surface area (Å²) in [5, 5.41) is 10.6. The standard InChI is InChI=1S/C62H37N3O2/c1-2-13-41(14-3-1)65-61-44(19-12-20-49(61)60-48-18-7-11-24-58(48)67-62(60)65)38-25-29-42(30-26-38)63-53-21-8-4-15-45(53)50-35-39(27-32-55(50)63)40-28-33-56-51(36-40)46-16-5-9-22-54(46)64(56)43-31-34-59-52(37-43)47-17-6-10-23-57(47)66-59/h1-37H. The summed E-state index contributed by atoms with van der Waals surface area (Å²) in [6, 6.07) is 80.8. The van der Waals surface area contributed by atoms with Crippen molar-refractivity contribution in [3.63, 3.8) is 0 Å². The average molecular weight is 856 g/mol. The predicted molar refractivity (Wildman–Crippen MR) is 277 cm³/mol. The van der Waals surface area contributed by atoms with Crippen LogP contribution in [-0.4, -0.2) is 13.7 Å². The van der Waals surface area contributed by atoms with E-state index in [0.29, 0.717) is 0 Å². The van der Waals surface area contributed by atoms with Gasteiger partial charge in [0.2, 0.25) is 5.71 Å². The molecule has 0 spiro atoms. The van der Waals surface area contributed by atoms with Crippen molar-refractivity contribution in [3.05, 3.63) is 224 Å². The molecule has 5 nitrogen and oxygen atoms in total. The molecule has 0 aliphatic rings. The van der Waals surface area contributed by atoms with E-state index in [2.05, 4.69) is 220 Å². The molecule has 0 N–H and O–H groups in total. The zero-order valence-electron chi connectivity index (χ0n) is 36.0. The van der Waals surface area contributed by atoms with E-state index in [1.165, 1.54) is 60.1 Å². The summed E-state index contributed by atoms with van der Waals surface area (Å²) >= 11 is 0. The Balaban J connectivity index is 0.848. The lowest BCUT2D eigenvalue weighted by Gasteiger charge is -2.13. The molecule has 0 fully saturated rings. The Morgan fingerprint density at radius 3 is 1.48 bits per heavy atom. The highest BCUT2D eigenvalue weighted by Crippen LogP contribution is 2.44. The van der Waals surface area contributed by atoms with Gasteiger partial charge in [0.1, 0.15) is 16.7 Å². The zero-order valence-corrected chi connectivity index (χ0v) is 36.0. The van der Waals surface area contributed by atoms with Gasteiger partial charge in [0, 0.05) is 65.7 Å². The van der Waals surface area contributed by atoms with E-state index in [1.54, 1.807) is 0 Å². The molecule has 0 aliphatic carbocycles. The van der Waals surface area contributed by atoms with Crippen LogP contribution in [0.3, 0.4) is 0 Å². The Morgan fingerprint density at radius 2 is 0.776 bits per heavy atom. The van der Waals surface area contributed by atoms with Crippen LogP contribution in [0, 0.1) is 0 Å². The molecule has 10 aromatic carbocycles. The van der Waals surface area contributed by atoms with Crippen LogP contribution in [0.2, 0.25) is 0 Å². The molecule has 0 saturated carbocycles. The molecule has 0 atom stereocenters. The van der Waals surface area contributed by atoms with Crippen molar-refractivity contribution in [2.45, 2.75) is 0 Å². The van der Waals surface area contributed by atoms with Crippen LogP contribution in [0.15, 0.2) is 233 Å². The Kier molecular flexibility index (Phi) is 7.44. The molecule has 0 amide bonds. The van der Waals surface area contributed by atoms with Crippen molar-refractivity contribution in [1.29, 1.82) is 0 Å². The van der Waals surface area contributed by atoms with Crippen LogP contribution in [-0.2, 0) is 0 Å². The zero-order chi connectivity index (χ0) is 43.7. The summed E-state index contributed by atoms with van der Waals surface area (Å²) in [6.07, 6.45) is 0. The molecule has 312 valence electrons. The van der Waals surface area contributed by atoms with E-state index in [9.17, 15) is 0 Å². The molecular formula is C62H37N3O2. The topological polar surface area (TPSA) is 41.1 Å². The maximum atomic E-state index is 6.63. The minimum atomic E-state index is 0.861. The van der Waals surface area contributed by atoms with Gasteiger partial charge in [0.05, 0.1) is 33.0 Å². The van der Waals surface area contributed by atoms with Gasteiger partial charge >= 0.3 is 0 Å². The number of fused-ring (bicyclic) bond motifs is 14. The van der Waals surface area contributed by atoms with Gasteiger partial charge in [-0.25, -0.2) is 0 Å². The van der Waals surface area contributed by atoms with Crippen LogP contribution in [0.1, 0.15) is 0 Å².